The van der Waals surface area contributed by atoms with Gasteiger partial charge < -0.3 is 5.32 Å². The predicted molar refractivity (Wildman–Crippen MR) is 113 cm³/mol. The molecule has 0 bridgehead atoms. The predicted octanol–water partition coefficient (Wildman–Crippen LogP) is 4.08. The average molecular weight is 421 g/mol. The lowest BCUT2D eigenvalue weighted by atomic mass is 9.98. The summed E-state index contributed by atoms with van der Waals surface area (Å²) in [7, 11) is -3.54. The van der Waals surface area contributed by atoms with Crippen molar-refractivity contribution in [3.8, 4) is 0 Å². The first-order valence-electron chi connectivity index (χ1n) is 9.50. The first-order chi connectivity index (χ1) is 13.4. The number of carbonyl (C=O) groups excluding carboxylic acids is 1. The van der Waals surface area contributed by atoms with Gasteiger partial charge in [-0.15, -0.1) is 0 Å². The summed E-state index contributed by atoms with van der Waals surface area (Å²) in [5.41, 5.74) is 2.51. The molecule has 0 radical (unpaired) electrons. The molecular formula is C21H25ClN2O3S. The topological polar surface area (TPSA) is 66.5 Å². The zero-order valence-electron chi connectivity index (χ0n) is 15.9. The smallest absolute Gasteiger partial charge is 0.228 e. The normalized spacial score (nSPS) is 18.0. The van der Waals surface area contributed by atoms with Gasteiger partial charge in [-0.2, -0.15) is 0 Å². The van der Waals surface area contributed by atoms with Gasteiger partial charge in [0.1, 0.15) is 0 Å². The number of carbonyl (C=O) groups is 1. The molecule has 1 saturated heterocycles. The van der Waals surface area contributed by atoms with Crippen molar-refractivity contribution in [3.05, 3.63) is 64.7 Å². The summed E-state index contributed by atoms with van der Waals surface area (Å²) in [5.74, 6) is -0.651. The molecule has 5 nitrogen and oxygen atoms in total. The fourth-order valence-corrected chi connectivity index (χ4v) is 5.30. The lowest BCUT2D eigenvalue weighted by molar-refractivity contribution is -0.120. The quantitative estimate of drug-likeness (QED) is 0.765. The van der Waals surface area contributed by atoms with E-state index < -0.39 is 10.0 Å². The van der Waals surface area contributed by atoms with E-state index in [1.54, 1.807) is 24.3 Å². The maximum atomic E-state index is 12.8. The number of amides is 1. The number of nitrogens with zero attached hydrogens (tertiary/aromatic N) is 1. The monoisotopic (exact) mass is 420 g/mol. The summed E-state index contributed by atoms with van der Waals surface area (Å²) in [6.45, 7) is 2.71. The number of rotatable bonds is 6. The molecule has 1 aliphatic rings. The minimum absolute atomic E-state index is 0.137. The van der Waals surface area contributed by atoms with Crippen molar-refractivity contribution < 1.29 is 13.2 Å². The molecule has 7 heteroatoms. The molecule has 150 valence electrons. The van der Waals surface area contributed by atoms with Crippen LogP contribution in [0.15, 0.2) is 48.5 Å². The summed E-state index contributed by atoms with van der Waals surface area (Å²) in [4.78, 5) is 12.7. The van der Waals surface area contributed by atoms with Crippen LogP contribution in [0.4, 0.5) is 5.69 Å². The van der Waals surface area contributed by atoms with Crippen LogP contribution in [0.3, 0.4) is 0 Å². The Morgan fingerprint density at radius 1 is 1.18 bits per heavy atom. The molecule has 0 aromatic heterocycles. The van der Waals surface area contributed by atoms with Crippen LogP contribution in [-0.4, -0.2) is 31.7 Å². The van der Waals surface area contributed by atoms with Crippen molar-refractivity contribution in [2.75, 3.05) is 18.4 Å². The number of anilines is 1. The summed E-state index contributed by atoms with van der Waals surface area (Å²) in [6.07, 6.45) is 2.28. The molecule has 0 spiro atoms. The van der Waals surface area contributed by atoms with E-state index in [-0.39, 0.29) is 24.1 Å². The third-order valence-electron chi connectivity index (χ3n) is 5.07. The molecule has 1 fully saturated rings. The Balaban J connectivity index is 1.65. The average Bonchev–Trinajstić information content (AvgIpc) is 2.70. The Morgan fingerprint density at radius 2 is 1.89 bits per heavy atom. The Kier molecular flexibility index (Phi) is 6.75. The van der Waals surface area contributed by atoms with Gasteiger partial charge in [0.2, 0.25) is 15.9 Å². The third kappa shape index (κ3) is 5.13. The van der Waals surface area contributed by atoms with Crippen molar-refractivity contribution in [3.63, 3.8) is 0 Å². The maximum absolute atomic E-state index is 12.8. The van der Waals surface area contributed by atoms with Gasteiger partial charge in [0, 0.05) is 23.8 Å². The van der Waals surface area contributed by atoms with Crippen molar-refractivity contribution in [2.24, 2.45) is 5.92 Å². The van der Waals surface area contributed by atoms with Crippen molar-refractivity contribution in [2.45, 2.75) is 31.9 Å². The molecule has 0 unspecified atom stereocenters. The van der Waals surface area contributed by atoms with E-state index in [1.165, 1.54) is 9.87 Å². The van der Waals surface area contributed by atoms with E-state index in [2.05, 4.69) is 12.2 Å². The number of hydrogen-bond acceptors (Lipinski definition) is 3. The maximum Gasteiger partial charge on any atom is 0.228 e. The number of aryl methyl sites for hydroxylation is 1. The minimum Gasteiger partial charge on any atom is -0.326 e. The Morgan fingerprint density at radius 3 is 2.57 bits per heavy atom. The van der Waals surface area contributed by atoms with E-state index in [0.717, 1.165) is 12.1 Å². The molecule has 1 aliphatic heterocycles. The number of halogens is 1. The van der Waals surface area contributed by atoms with Crippen LogP contribution < -0.4 is 5.32 Å². The van der Waals surface area contributed by atoms with E-state index in [1.807, 2.05) is 24.3 Å². The van der Waals surface area contributed by atoms with Gasteiger partial charge >= 0.3 is 0 Å². The third-order valence-corrected chi connectivity index (χ3v) is 7.24. The zero-order chi connectivity index (χ0) is 20.1. The summed E-state index contributed by atoms with van der Waals surface area (Å²) >= 11 is 6.11. The lowest BCUT2D eigenvalue weighted by Crippen LogP contribution is -2.44. The highest BCUT2D eigenvalue weighted by Gasteiger charge is 2.32. The largest absolute Gasteiger partial charge is 0.326 e. The van der Waals surface area contributed by atoms with E-state index in [0.29, 0.717) is 30.0 Å². The van der Waals surface area contributed by atoms with Gasteiger partial charge in [-0.1, -0.05) is 48.9 Å². The van der Waals surface area contributed by atoms with Crippen LogP contribution in [-0.2, 0) is 27.0 Å². The van der Waals surface area contributed by atoms with Crippen LogP contribution in [0.5, 0.6) is 0 Å². The van der Waals surface area contributed by atoms with E-state index in [4.69, 9.17) is 11.6 Å². The second-order valence-electron chi connectivity index (χ2n) is 7.08. The van der Waals surface area contributed by atoms with Crippen LogP contribution >= 0.6 is 11.6 Å². The van der Waals surface area contributed by atoms with Gasteiger partial charge in [-0.25, -0.2) is 12.7 Å². The lowest BCUT2D eigenvalue weighted by Gasteiger charge is -2.31. The Labute approximate surface area is 171 Å². The molecule has 1 N–H and O–H groups in total. The molecule has 2 aromatic carbocycles. The molecule has 0 saturated carbocycles. The molecule has 0 aliphatic carbocycles. The fourth-order valence-electron chi connectivity index (χ4n) is 3.38. The number of benzene rings is 2. The van der Waals surface area contributed by atoms with Crippen LogP contribution in [0.2, 0.25) is 5.02 Å². The molecule has 3 rings (SSSR count). The van der Waals surface area contributed by atoms with Crippen molar-refractivity contribution in [1.29, 1.82) is 0 Å². The molecule has 28 heavy (non-hydrogen) atoms. The van der Waals surface area contributed by atoms with Gasteiger partial charge in [-0.3, -0.25) is 4.79 Å². The molecule has 1 amide bonds. The Hall–Kier alpha value is -1.89. The SMILES string of the molecule is CCc1ccc(NC(=O)[C@@H]2CCCN(S(=O)(=O)Cc3ccccc3Cl)C2)cc1. The second-order valence-corrected chi connectivity index (χ2v) is 9.46. The minimum atomic E-state index is -3.54. The molecule has 1 heterocycles. The number of sulfonamides is 1. The van der Waals surface area contributed by atoms with Crippen molar-refractivity contribution >= 4 is 33.2 Å². The highest BCUT2D eigenvalue weighted by molar-refractivity contribution is 7.88. The second kappa shape index (κ2) is 9.07. The zero-order valence-corrected chi connectivity index (χ0v) is 17.5. The number of hydrogen-bond donors (Lipinski definition) is 1. The highest BCUT2D eigenvalue weighted by atomic mass is 35.5. The Bertz CT molecular complexity index is 929. The molecule has 2 aromatic rings. The van der Waals surface area contributed by atoms with E-state index in [9.17, 15) is 13.2 Å². The highest BCUT2D eigenvalue weighted by Crippen LogP contribution is 2.25. The summed E-state index contributed by atoms with van der Waals surface area (Å²) < 4.78 is 27.1. The number of piperidine rings is 1. The van der Waals surface area contributed by atoms with Gasteiger partial charge in [0.15, 0.2) is 0 Å². The first-order valence-corrected chi connectivity index (χ1v) is 11.5. The van der Waals surface area contributed by atoms with Crippen molar-refractivity contribution in [1.82, 2.24) is 4.31 Å². The van der Waals surface area contributed by atoms with Gasteiger partial charge in [0.05, 0.1) is 11.7 Å². The van der Waals surface area contributed by atoms with Crippen LogP contribution in [0.1, 0.15) is 30.9 Å². The fraction of sp³-hybridized carbons (Fsp3) is 0.381. The number of nitrogens with one attached hydrogen (secondary N) is 1. The summed E-state index contributed by atoms with van der Waals surface area (Å²) in [6, 6.07) is 14.7. The van der Waals surface area contributed by atoms with Crippen LogP contribution in [0.25, 0.3) is 0 Å². The standard InChI is InChI=1S/C21H25ClN2O3S/c1-2-16-9-11-19(12-10-16)23-21(25)17-7-5-13-24(14-17)28(26,27)15-18-6-3-4-8-20(18)22/h3-4,6,8-12,17H,2,5,7,13-15H2,1H3,(H,23,25)/t17-/m1/s1. The molecule has 1 atom stereocenters. The summed E-state index contributed by atoms with van der Waals surface area (Å²) in [5, 5.41) is 3.35. The van der Waals surface area contributed by atoms with Gasteiger partial charge in [-0.05, 0) is 48.6 Å². The first kappa shape index (κ1) is 20.8. The van der Waals surface area contributed by atoms with Crippen LogP contribution in [0, 0.1) is 5.92 Å². The van der Waals surface area contributed by atoms with E-state index >= 15 is 0 Å². The van der Waals surface area contributed by atoms with Gasteiger partial charge in [0.25, 0.3) is 0 Å². The molecular weight excluding hydrogens is 396 g/mol.